The summed E-state index contributed by atoms with van der Waals surface area (Å²) in [5.74, 6) is 0.405. The van der Waals surface area contributed by atoms with Gasteiger partial charge >= 0.3 is 5.97 Å². The van der Waals surface area contributed by atoms with E-state index in [1.54, 1.807) is 27.2 Å². The van der Waals surface area contributed by atoms with E-state index >= 15 is 0 Å². The number of rotatable bonds is 11. The van der Waals surface area contributed by atoms with E-state index in [2.05, 4.69) is 20.7 Å². The number of methoxy groups -OCH3 is 4. The lowest BCUT2D eigenvalue weighted by Gasteiger charge is -2.19. The fraction of sp³-hybridized carbons (Fsp3) is 0.448. The highest BCUT2D eigenvalue weighted by atomic mass is 16.5. The van der Waals surface area contributed by atoms with Crippen LogP contribution in [0.1, 0.15) is 50.3 Å². The Morgan fingerprint density at radius 3 is 2.38 bits per heavy atom. The van der Waals surface area contributed by atoms with Crippen LogP contribution >= 0.6 is 0 Å². The number of aryl methyl sites for hydroxylation is 1. The molecular weight excluding hydrogens is 518 g/mol. The second-order valence-corrected chi connectivity index (χ2v) is 9.44. The number of benzene rings is 1. The van der Waals surface area contributed by atoms with Crippen LogP contribution in [-0.2, 0) is 25.5 Å². The van der Waals surface area contributed by atoms with Crippen LogP contribution in [0.15, 0.2) is 29.1 Å². The zero-order valence-electron chi connectivity index (χ0n) is 23.8. The summed E-state index contributed by atoms with van der Waals surface area (Å²) < 4.78 is 21.6. The largest absolute Gasteiger partial charge is 0.493 e. The van der Waals surface area contributed by atoms with Gasteiger partial charge in [0, 0.05) is 25.5 Å². The van der Waals surface area contributed by atoms with Gasteiger partial charge in [-0.1, -0.05) is 6.07 Å². The maximum Gasteiger partial charge on any atom is 0.328 e. The van der Waals surface area contributed by atoms with Crippen molar-refractivity contribution in [2.24, 2.45) is 0 Å². The van der Waals surface area contributed by atoms with Gasteiger partial charge in [-0.05, 0) is 61.1 Å². The first-order valence-corrected chi connectivity index (χ1v) is 13.0. The SMILES string of the molecule is COC(=O)[C@H](C)NC(=O)CCCNc1ccc2c(cc1=O)[C@@H](NC(C)=O)CCc1cc(OC)c(OC)c(OC)c1-2. The molecule has 0 aliphatic heterocycles. The second-order valence-electron chi connectivity index (χ2n) is 9.44. The molecule has 0 radical (unpaired) electrons. The lowest BCUT2D eigenvalue weighted by atomic mass is 9.95. The van der Waals surface area contributed by atoms with Crippen molar-refractivity contribution >= 4 is 23.5 Å². The number of ether oxygens (including phenoxy) is 4. The molecule has 3 N–H and O–H groups in total. The lowest BCUT2D eigenvalue weighted by molar-refractivity contribution is -0.144. The number of esters is 1. The molecule has 2 amide bonds. The minimum atomic E-state index is -0.739. The van der Waals surface area contributed by atoms with Crippen LogP contribution in [0.2, 0.25) is 0 Å². The Kier molecular flexibility index (Phi) is 10.4. The maximum absolute atomic E-state index is 13.3. The van der Waals surface area contributed by atoms with E-state index in [9.17, 15) is 19.2 Å². The molecule has 216 valence electrons. The quantitative estimate of drug-likeness (QED) is 0.282. The molecule has 0 fully saturated rings. The Morgan fingerprint density at radius 1 is 1.02 bits per heavy atom. The minimum Gasteiger partial charge on any atom is -0.493 e. The standard InChI is InChI=1S/C29H37N3O8/c1-16(29(36)40-6)31-25(35)8-7-13-30-22-12-10-19-20(15-23(22)34)21(32-17(2)33)11-9-18-14-24(37-3)27(38-4)28(39-5)26(18)19/h10,12,14-16,21H,7-9,11,13H2,1-6H3,(H,30,34)(H,31,35)(H,32,33)/t16-,21-/m0/s1. The van der Waals surface area contributed by atoms with Crippen molar-refractivity contribution in [2.45, 2.75) is 51.6 Å². The van der Waals surface area contributed by atoms with Crippen LogP contribution < -0.4 is 35.6 Å². The Bertz CT molecular complexity index is 1330. The first kappa shape index (κ1) is 30.3. The molecule has 1 aliphatic carbocycles. The summed E-state index contributed by atoms with van der Waals surface area (Å²) in [5, 5.41) is 8.68. The van der Waals surface area contributed by atoms with Crippen LogP contribution in [0.3, 0.4) is 0 Å². The number of anilines is 1. The first-order chi connectivity index (χ1) is 19.1. The van der Waals surface area contributed by atoms with Crippen molar-refractivity contribution in [2.75, 3.05) is 40.3 Å². The molecule has 0 aromatic heterocycles. The van der Waals surface area contributed by atoms with Crippen molar-refractivity contribution in [1.82, 2.24) is 10.6 Å². The molecule has 11 nitrogen and oxygen atoms in total. The average Bonchev–Trinajstić information content (AvgIpc) is 3.17. The molecule has 40 heavy (non-hydrogen) atoms. The molecule has 0 saturated heterocycles. The van der Waals surface area contributed by atoms with E-state index in [1.165, 1.54) is 27.2 Å². The van der Waals surface area contributed by atoms with Gasteiger partial charge in [-0.15, -0.1) is 0 Å². The zero-order valence-corrected chi connectivity index (χ0v) is 23.8. The normalized spacial score (nSPS) is 14.4. The number of nitrogens with one attached hydrogen (secondary N) is 3. The van der Waals surface area contributed by atoms with Gasteiger partial charge in [0.15, 0.2) is 11.5 Å². The van der Waals surface area contributed by atoms with E-state index in [4.69, 9.17) is 14.2 Å². The molecule has 2 aromatic rings. The number of amides is 2. The fourth-order valence-electron chi connectivity index (χ4n) is 4.88. The smallest absolute Gasteiger partial charge is 0.328 e. The number of hydrogen-bond donors (Lipinski definition) is 3. The summed E-state index contributed by atoms with van der Waals surface area (Å²) >= 11 is 0. The van der Waals surface area contributed by atoms with Crippen molar-refractivity contribution in [1.29, 1.82) is 0 Å². The number of carbonyl (C=O) groups is 3. The predicted molar refractivity (Wildman–Crippen MR) is 150 cm³/mol. The highest BCUT2D eigenvalue weighted by Gasteiger charge is 2.29. The molecule has 0 unspecified atom stereocenters. The summed E-state index contributed by atoms with van der Waals surface area (Å²) in [6.45, 7) is 3.34. The van der Waals surface area contributed by atoms with Crippen LogP contribution in [0.4, 0.5) is 5.69 Å². The van der Waals surface area contributed by atoms with Crippen molar-refractivity contribution in [3.8, 4) is 28.4 Å². The van der Waals surface area contributed by atoms with Crippen LogP contribution in [0.5, 0.6) is 17.2 Å². The molecule has 0 heterocycles. The Balaban J connectivity index is 1.96. The van der Waals surface area contributed by atoms with Gasteiger partial charge in [-0.3, -0.25) is 14.4 Å². The van der Waals surface area contributed by atoms with Crippen LogP contribution in [-0.4, -0.2) is 58.8 Å². The van der Waals surface area contributed by atoms with Gasteiger partial charge in [0.2, 0.25) is 23.0 Å². The Morgan fingerprint density at radius 2 is 1.75 bits per heavy atom. The average molecular weight is 556 g/mol. The summed E-state index contributed by atoms with van der Waals surface area (Å²) in [7, 11) is 5.89. The van der Waals surface area contributed by atoms with E-state index in [1.807, 2.05) is 12.1 Å². The molecule has 2 atom stereocenters. The number of fused-ring (bicyclic) bond motifs is 3. The monoisotopic (exact) mass is 555 g/mol. The number of carbonyl (C=O) groups excluding carboxylic acids is 3. The minimum absolute atomic E-state index is 0.161. The van der Waals surface area contributed by atoms with Gasteiger partial charge in [0.1, 0.15) is 6.04 Å². The van der Waals surface area contributed by atoms with E-state index in [0.717, 1.165) is 16.7 Å². The molecule has 0 bridgehead atoms. The van der Waals surface area contributed by atoms with Gasteiger partial charge in [-0.25, -0.2) is 4.79 Å². The van der Waals surface area contributed by atoms with E-state index in [-0.39, 0.29) is 23.7 Å². The molecule has 2 aromatic carbocycles. The van der Waals surface area contributed by atoms with E-state index < -0.39 is 18.1 Å². The van der Waals surface area contributed by atoms with Gasteiger partial charge in [-0.2, -0.15) is 0 Å². The highest BCUT2D eigenvalue weighted by molar-refractivity contribution is 5.85. The second kappa shape index (κ2) is 13.7. The maximum atomic E-state index is 13.3. The Hall–Kier alpha value is -4.28. The fourth-order valence-corrected chi connectivity index (χ4v) is 4.88. The van der Waals surface area contributed by atoms with Crippen molar-refractivity contribution in [3.63, 3.8) is 0 Å². The van der Waals surface area contributed by atoms with Gasteiger partial charge in [0.25, 0.3) is 0 Å². The zero-order chi connectivity index (χ0) is 29.4. The summed E-state index contributed by atoms with van der Waals surface area (Å²) in [6.07, 6.45) is 1.75. The summed E-state index contributed by atoms with van der Waals surface area (Å²) in [6, 6.07) is 5.81. The third-order valence-corrected chi connectivity index (χ3v) is 6.74. The molecule has 0 spiro atoms. The predicted octanol–water partition coefficient (Wildman–Crippen LogP) is 2.73. The first-order valence-electron chi connectivity index (χ1n) is 13.0. The lowest BCUT2D eigenvalue weighted by Crippen LogP contribution is -2.39. The van der Waals surface area contributed by atoms with Crippen LogP contribution in [0.25, 0.3) is 11.1 Å². The third kappa shape index (κ3) is 6.83. The topological polar surface area (TPSA) is 141 Å². The number of hydrogen-bond acceptors (Lipinski definition) is 9. The van der Waals surface area contributed by atoms with E-state index in [0.29, 0.717) is 54.3 Å². The summed E-state index contributed by atoms with van der Waals surface area (Å²) in [5.41, 5.74) is 3.17. The van der Waals surface area contributed by atoms with Gasteiger partial charge < -0.3 is 34.9 Å². The molecule has 11 heteroatoms. The molecular formula is C29H37N3O8. The van der Waals surface area contributed by atoms with Crippen molar-refractivity contribution < 1.29 is 33.3 Å². The third-order valence-electron chi connectivity index (χ3n) is 6.74. The van der Waals surface area contributed by atoms with Crippen molar-refractivity contribution in [3.05, 3.63) is 45.6 Å². The summed E-state index contributed by atoms with van der Waals surface area (Å²) in [4.78, 5) is 49.0. The Labute approximate surface area is 233 Å². The van der Waals surface area contributed by atoms with Gasteiger partial charge in [0.05, 0.1) is 40.2 Å². The highest BCUT2D eigenvalue weighted by Crippen LogP contribution is 2.50. The molecule has 0 saturated carbocycles. The molecule has 1 aliphatic rings. The molecule has 3 rings (SSSR count). The van der Waals surface area contributed by atoms with Crippen LogP contribution in [0, 0.1) is 0 Å².